The Hall–Kier alpha value is -8.24. The largest absolute Gasteiger partial charge is 0.405 e. The van der Waals surface area contributed by atoms with Crippen LogP contribution in [0.3, 0.4) is 0 Å². The molecule has 0 saturated carbocycles. The number of hydrogen-bond donors (Lipinski definition) is 2. The van der Waals surface area contributed by atoms with Crippen LogP contribution in [0.2, 0.25) is 0 Å². The minimum atomic E-state index is 1.06. The normalized spacial score (nSPS) is 11.7. The van der Waals surface area contributed by atoms with E-state index in [0.717, 1.165) is 16.9 Å². The van der Waals surface area contributed by atoms with Crippen molar-refractivity contribution in [3.63, 3.8) is 0 Å². The molecule has 0 bridgehead atoms. The van der Waals surface area contributed by atoms with Gasteiger partial charge in [0.15, 0.2) is 0 Å². The molecule has 0 atom stereocenters. The molecular weight excluding hydrogens is 817 g/mol. The Morgan fingerprint density at radius 1 is 0.424 bits per heavy atom. The fraction of sp³-hybridized carbons (Fsp3) is 0.0159. The lowest BCUT2D eigenvalue weighted by Crippen LogP contribution is -1.91. The summed E-state index contributed by atoms with van der Waals surface area (Å²) < 4.78 is 2.69. The molecule has 0 saturated heterocycles. The number of nitrogens with one attached hydrogen (secondary N) is 1. The lowest BCUT2D eigenvalue weighted by atomic mass is 9.95. The van der Waals surface area contributed by atoms with Gasteiger partial charge in [0.25, 0.3) is 0 Å². The molecule has 0 spiro atoms. The van der Waals surface area contributed by atoms with Crippen molar-refractivity contribution in [1.82, 2.24) is 0 Å². The van der Waals surface area contributed by atoms with E-state index in [1.807, 2.05) is 54.7 Å². The third-order valence-corrected chi connectivity index (χ3v) is 13.2. The van der Waals surface area contributed by atoms with Gasteiger partial charge in [0, 0.05) is 36.9 Å². The average Bonchev–Trinajstić information content (AvgIpc) is 3.78. The van der Waals surface area contributed by atoms with Crippen LogP contribution >= 0.6 is 11.3 Å². The molecule has 3 heteroatoms. The molecule has 0 amide bonds. The molecule has 0 aliphatic carbocycles. The van der Waals surface area contributed by atoms with Crippen LogP contribution < -0.4 is 11.1 Å². The first-order valence-corrected chi connectivity index (χ1v) is 23.2. The first-order chi connectivity index (χ1) is 32.6. The maximum Gasteiger partial charge on any atom is 0.0440 e. The molecule has 0 aliphatic rings. The van der Waals surface area contributed by atoms with Crippen molar-refractivity contribution in [3.8, 4) is 44.5 Å². The Morgan fingerprint density at radius 3 is 1.48 bits per heavy atom. The molecule has 0 unspecified atom stereocenters. The van der Waals surface area contributed by atoms with Gasteiger partial charge >= 0.3 is 0 Å². The second-order valence-corrected chi connectivity index (χ2v) is 17.3. The fourth-order valence-corrected chi connectivity index (χ4v) is 10.2. The predicted octanol–water partition coefficient (Wildman–Crippen LogP) is 17.9. The van der Waals surface area contributed by atoms with Gasteiger partial charge in [-0.05, 0) is 133 Å². The topological polar surface area (TPSA) is 38.0 Å². The second kappa shape index (κ2) is 19.2. The summed E-state index contributed by atoms with van der Waals surface area (Å²) in [4.78, 5) is 0. The van der Waals surface area contributed by atoms with Crippen molar-refractivity contribution in [2.24, 2.45) is 5.73 Å². The highest BCUT2D eigenvalue weighted by atomic mass is 32.1. The maximum absolute atomic E-state index is 5.30. The minimum absolute atomic E-state index is 1.06. The fourth-order valence-electron chi connectivity index (χ4n) is 8.91. The Bertz CT molecular complexity index is 3580. The van der Waals surface area contributed by atoms with Crippen molar-refractivity contribution in [1.29, 1.82) is 0 Å². The second-order valence-electron chi connectivity index (χ2n) is 16.3. The number of benzene rings is 10. The third-order valence-electron chi connectivity index (χ3n) is 12.0. The van der Waals surface area contributed by atoms with E-state index in [1.54, 1.807) is 0 Å². The number of anilines is 2. The minimum Gasteiger partial charge on any atom is -0.405 e. The molecule has 0 fully saturated rings. The molecule has 11 aromatic rings. The molecule has 1 heterocycles. The van der Waals surface area contributed by atoms with Gasteiger partial charge < -0.3 is 11.1 Å². The summed E-state index contributed by atoms with van der Waals surface area (Å²) in [5, 5.41) is 11.6. The third kappa shape index (κ3) is 8.81. The maximum atomic E-state index is 5.30. The number of rotatable bonds is 9. The monoisotopic (exact) mass is 864 g/mol. The van der Waals surface area contributed by atoms with E-state index >= 15 is 0 Å². The highest BCUT2D eigenvalue weighted by Gasteiger charge is 2.15. The molecule has 10 aromatic carbocycles. The summed E-state index contributed by atoms with van der Waals surface area (Å²) >= 11 is 1.91. The summed E-state index contributed by atoms with van der Waals surface area (Å²) in [6, 6.07) is 80.5. The number of hydrogen-bond acceptors (Lipinski definition) is 3. The molecule has 3 N–H and O–H groups in total. The molecule has 2 nitrogen and oxygen atoms in total. The summed E-state index contributed by atoms with van der Waals surface area (Å²) in [5.74, 6) is 0. The Labute approximate surface area is 391 Å². The first kappa shape index (κ1) is 41.8. The van der Waals surface area contributed by atoms with Gasteiger partial charge in [-0.3, -0.25) is 0 Å². The molecule has 0 radical (unpaired) electrons. The van der Waals surface area contributed by atoms with Crippen LogP contribution in [-0.2, 0) is 0 Å². The summed E-state index contributed by atoms with van der Waals surface area (Å²) in [6.07, 6.45) is 9.45. The van der Waals surface area contributed by atoms with Crippen molar-refractivity contribution < 1.29 is 0 Å². The first-order valence-electron chi connectivity index (χ1n) is 22.4. The van der Waals surface area contributed by atoms with Gasteiger partial charge in [-0.1, -0.05) is 200 Å². The zero-order valence-corrected chi connectivity index (χ0v) is 37.6. The lowest BCUT2D eigenvalue weighted by Gasteiger charge is -2.12. The van der Waals surface area contributed by atoms with Gasteiger partial charge in [0.1, 0.15) is 0 Å². The van der Waals surface area contributed by atoms with Crippen molar-refractivity contribution in [2.45, 2.75) is 6.92 Å². The van der Waals surface area contributed by atoms with Crippen molar-refractivity contribution >= 4 is 70.0 Å². The highest BCUT2D eigenvalue weighted by Crippen LogP contribution is 2.45. The lowest BCUT2D eigenvalue weighted by molar-refractivity contribution is 1.53. The van der Waals surface area contributed by atoms with Crippen LogP contribution in [0.25, 0.3) is 91.8 Å². The summed E-state index contributed by atoms with van der Waals surface area (Å²) in [5.41, 5.74) is 19.4. The molecule has 316 valence electrons. The van der Waals surface area contributed by atoms with E-state index in [1.165, 1.54) is 98.0 Å². The van der Waals surface area contributed by atoms with Gasteiger partial charge in [-0.15, -0.1) is 11.3 Å². The van der Waals surface area contributed by atoms with E-state index in [4.69, 9.17) is 5.73 Å². The number of thiophene rings is 1. The van der Waals surface area contributed by atoms with Crippen LogP contribution in [0.1, 0.15) is 12.5 Å². The highest BCUT2D eigenvalue weighted by molar-refractivity contribution is 7.27. The zero-order chi connectivity index (χ0) is 44.7. The SMILES string of the molecule is C/C=C/C(=C\C=C/N)c1ccccc1.c1ccc(-c2cccc(Nc3cccc(-c4cccc(-c5cccc(-c6ccc7c(c6)sc6c8ccccc8c8ccccc8c76)c5)c4)c3)c2)cc1. The average molecular weight is 865 g/mol. The molecule has 11 rings (SSSR count). The number of allylic oxidation sites excluding steroid dienone is 5. The Balaban J connectivity index is 0.000000315. The zero-order valence-electron chi connectivity index (χ0n) is 36.7. The van der Waals surface area contributed by atoms with E-state index in [2.05, 4.69) is 218 Å². The van der Waals surface area contributed by atoms with Crippen molar-refractivity contribution in [2.75, 3.05) is 5.32 Å². The van der Waals surface area contributed by atoms with Gasteiger partial charge in [-0.25, -0.2) is 0 Å². The molecule has 0 aliphatic heterocycles. The Morgan fingerprint density at radius 2 is 0.894 bits per heavy atom. The van der Waals surface area contributed by atoms with Gasteiger partial charge in [-0.2, -0.15) is 0 Å². The van der Waals surface area contributed by atoms with E-state index in [0.29, 0.717) is 0 Å². The summed E-state index contributed by atoms with van der Waals surface area (Å²) in [6.45, 7) is 2.00. The standard InChI is InChI=1S/C50H33NS.C13H15N/c1-2-12-33(13-3-1)38-18-10-20-41(30-38)51-42-21-11-19-39(31-42)36-16-8-14-34(28-36)35-15-9-17-37(29-35)40-26-27-47-48(32-40)52-50-46-25-7-5-23-44(46)43-22-4-6-24-45(43)49(47)50;1-2-7-12(10-6-11-14)13-8-4-3-5-9-13/h1-32,51H;2-11H,14H2,1H3/b;7-2+,11-6-,12-10+. The quantitative estimate of drug-likeness (QED) is 0.112. The van der Waals surface area contributed by atoms with Crippen LogP contribution in [0.15, 0.2) is 255 Å². The molecular formula is C63H48N2S. The Kier molecular flexibility index (Phi) is 12.2. The summed E-state index contributed by atoms with van der Waals surface area (Å²) in [7, 11) is 0. The van der Waals surface area contributed by atoms with Crippen LogP contribution in [-0.4, -0.2) is 0 Å². The number of fused-ring (bicyclic) bond motifs is 8. The van der Waals surface area contributed by atoms with Crippen LogP contribution in [0.5, 0.6) is 0 Å². The molecule has 1 aromatic heterocycles. The van der Waals surface area contributed by atoms with Gasteiger partial charge in [0.2, 0.25) is 0 Å². The smallest absolute Gasteiger partial charge is 0.0440 e. The van der Waals surface area contributed by atoms with E-state index in [9.17, 15) is 0 Å². The van der Waals surface area contributed by atoms with Crippen LogP contribution in [0.4, 0.5) is 11.4 Å². The van der Waals surface area contributed by atoms with Crippen molar-refractivity contribution in [3.05, 3.63) is 261 Å². The number of nitrogens with two attached hydrogens (primary N) is 1. The van der Waals surface area contributed by atoms with Crippen LogP contribution in [0, 0.1) is 0 Å². The van der Waals surface area contributed by atoms with Gasteiger partial charge in [0.05, 0.1) is 0 Å². The van der Waals surface area contributed by atoms with E-state index in [-0.39, 0.29) is 0 Å². The molecule has 66 heavy (non-hydrogen) atoms. The predicted molar refractivity (Wildman–Crippen MR) is 288 cm³/mol. The van der Waals surface area contributed by atoms with E-state index < -0.39 is 0 Å².